The lowest BCUT2D eigenvalue weighted by atomic mass is 9.74. The molecule has 1 aromatic carbocycles. The molecule has 2 saturated heterocycles. The molecule has 1 amide bonds. The summed E-state index contributed by atoms with van der Waals surface area (Å²) < 4.78 is 36.5. The van der Waals surface area contributed by atoms with Crippen LogP contribution in [0.15, 0.2) is 29.2 Å². The third-order valence-electron chi connectivity index (χ3n) is 6.30. The molecule has 29 heavy (non-hydrogen) atoms. The van der Waals surface area contributed by atoms with Crippen molar-refractivity contribution >= 4 is 16.2 Å². The number of ether oxygens (including phenoxy) is 1. The molecule has 0 saturated carbocycles. The fraction of sp³-hybridized carbons (Fsp3) is 0.667. The van der Waals surface area contributed by atoms with E-state index in [0.717, 1.165) is 31.4 Å². The van der Waals surface area contributed by atoms with Crippen LogP contribution in [0.1, 0.15) is 45.6 Å². The van der Waals surface area contributed by atoms with Crippen LogP contribution in [-0.2, 0) is 25.6 Å². The zero-order valence-electron chi connectivity index (χ0n) is 17.4. The van der Waals surface area contributed by atoms with Crippen molar-refractivity contribution in [3.63, 3.8) is 0 Å². The van der Waals surface area contributed by atoms with Gasteiger partial charge in [0, 0.05) is 31.1 Å². The van der Waals surface area contributed by atoms with Crippen LogP contribution in [0.5, 0.6) is 0 Å². The van der Waals surface area contributed by atoms with Crippen molar-refractivity contribution < 1.29 is 22.1 Å². The Kier molecular flexibility index (Phi) is 5.16. The average molecular weight is 423 g/mol. The summed E-state index contributed by atoms with van der Waals surface area (Å²) in [5, 5.41) is 0. The third kappa shape index (κ3) is 4.02. The highest BCUT2D eigenvalue weighted by Crippen LogP contribution is 2.46. The highest BCUT2D eigenvalue weighted by molar-refractivity contribution is 7.86. The van der Waals surface area contributed by atoms with Crippen molar-refractivity contribution in [3.05, 3.63) is 29.8 Å². The second-order valence-corrected chi connectivity index (χ2v) is 11.0. The second-order valence-electron chi connectivity index (χ2n) is 9.45. The summed E-state index contributed by atoms with van der Waals surface area (Å²) >= 11 is 0. The van der Waals surface area contributed by atoms with Crippen LogP contribution >= 0.6 is 0 Å². The van der Waals surface area contributed by atoms with Gasteiger partial charge in [0.1, 0.15) is 5.60 Å². The molecule has 1 spiro atoms. The van der Waals surface area contributed by atoms with E-state index in [0.29, 0.717) is 19.6 Å². The molecule has 4 rings (SSSR count). The first-order chi connectivity index (χ1) is 13.6. The number of hydrogen-bond acceptors (Lipinski definition) is 6. The summed E-state index contributed by atoms with van der Waals surface area (Å²) in [5.74, 6) is 0. The van der Waals surface area contributed by atoms with Gasteiger partial charge in [0.15, 0.2) is 0 Å². The van der Waals surface area contributed by atoms with Gasteiger partial charge < -0.3 is 9.64 Å². The Morgan fingerprint density at radius 2 is 1.97 bits per heavy atom. The Bertz CT molecular complexity index is 895. The summed E-state index contributed by atoms with van der Waals surface area (Å²) in [6.07, 6.45) is 2.47. The number of benzene rings is 1. The molecule has 2 fully saturated rings. The fourth-order valence-electron chi connectivity index (χ4n) is 4.98. The number of hydrogen-bond donors (Lipinski definition) is 0. The van der Waals surface area contributed by atoms with Crippen LogP contribution in [0, 0.1) is 5.41 Å². The molecule has 3 heterocycles. The Hall–Kier alpha value is -1.64. The maximum atomic E-state index is 12.7. The van der Waals surface area contributed by atoms with Gasteiger partial charge in [-0.2, -0.15) is 8.42 Å². The maximum Gasteiger partial charge on any atom is 0.410 e. The summed E-state index contributed by atoms with van der Waals surface area (Å²) in [4.78, 5) is 17.0. The number of rotatable bonds is 0. The number of carbonyl (C=O) groups is 1. The predicted molar refractivity (Wildman–Crippen MR) is 108 cm³/mol. The Morgan fingerprint density at radius 3 is 2.72 bits per heavy atom. The van der Waals surface area contributed by atoms with Gasteiger partial charge in [-0.3, -0.25) is 9.08 Å². The molecule has 2 unspecified atom stereocenters. The minimum absolute atomic E-state index is 0.0455. The standard InChI is InChI=1S/C21H30N2O5S/c1-20(2,3)28-19(24)23-11-6-9-21(15-23)10-12-22-13-16-7-4-5-8-17(16)29(25,26)27-14-18(21)22/h4-5,7-8,18H,6,9-15H2,1-3H3. The van der Waals surface area contributed by atoms with E-state index in [2.05, 4.69) is 4.90 Å². The monoisotopic (exact) mass is 422 g/mol. The molecule has 0 N–H and O–H groups in total. The molecular weight excluding hydrogens is 392 g/mol. The van der Waals surface area contributed by atoms with Crippen molar-refractivity contribution in [1.82, 2.24) is 9.80 Å². The maximum absolute atomic E-state index is 12.7. The molecule has 2 atom stereocenters. The molecule has 1 aromatic rings. The fourth-order valence-corrected chi connectivity index (χ4v) is 6.11. The normalized spacial score (nSPS) is 29.6. The lowest BCUT2D eigenvalue weighted by Gasteiger charge is -2.45. The molecule has 8 heteroatoms. The Balaban J connectivity index is 1.59. The zero-order chi connectivity index (χ0) is 20.9. The van der Waals surface area contributed by atoms with Gasteiger partial charge in [-0.05, 0) is 58.2 Å². The van der Waals surface area contributed by atoms with Crippen LogP contribution in [0.3, 0.4) is 0 Å². The summed E-state index contributed by atoms with van der Waals surface area (Å²) in [5.41, 5.74) is 0.0654. The summed E-state index contributed by atoms with van der Waals surface area (Å²) in [7, 11) is -3.78. The zero-order valence-corrected chi connectivity index (χ0v) is 18.2. The number of fused-ring (bicyclic) bond motifs is 3. The van der Waals surface area contributed by atoms with Crippen molar-refractivity contribution in [2.24, 2.45) is 5.41 Å². The Morgan fingerprint density at radius 1 is 1.21 bits per heavy atom. The van der Waals surface area contributed by atoms with Crippen LogP contribution < -0.4 is 0 Å². The van der Waals surface area contributed by atoms with Gasteiger partial charge in [0.2, 0.25) is 0 Å². The van der Waals surface area contributed by atoms with Crippen molar-refractivity contribution in [3.8, 4) is 0 Å². The molecule has 0 aliphatic carbocycles. The molecule has 160 valence electrons. The van der Waals surface area contributed by atoms with Gasteiger partial charge in [0.25, 0.3) is 10.1 Å². The number of piperidine rings is 1. The van der Waals surface area contributed by atoms with Gasteiger partial charge in [-0.15, -0.1) is 0 Å². The van der Waals surface area contributed by atoms with E-state index in [1.807, 2.05) is 32.9 Å². The van der Waals surface area contributed by atoms with Gasteiger partial charge in [0.05, 0.1) is 11.5 Å². The van der Waals surface area contributed by atoms with E-state index in [9.17, 15) is 13.2 Å². The molecule has 0 radical (unpaired) electrons. The van der Waals surface area contributed by atoms with E-state index in [4.69, 9.17) is 8.92 Å². The van der Waals surface area contributed by atoms with E-state index >= 15 is 0 Å². The van der Waals surface area contributed by atoms with E-state index in [-0.39, 0.29) is 29.1 Å². The van der Waals surface area contributed by atoms with E-state index in [1.165, 1.54) is 0 Å². The number of nitrogens with zero attached hydrogens (tertiary/aromatic N) is 2. The molecule has 0 aromatic heterocycles. The van der Waals surface area contributed by atoms with Crippen LogP contribution in [0.4, 0.5) is 4.79 Å². The minimum Gasteiger partial charge on any atom is -0.444 e. The quantitative estimate of drug-likeness (QED) is 0.598. The van der Waals surface area contributed by atoms with Crippen LogP contribution in [-0.4, -0.2) is 62.2 Å². The lowest BCUT2D eigenvalue weighted by Crippen LogP contribution is -2.54. The largest absolute Gasteiger partial charge is 0.444 e. The topological polar surface area (TPSA) is 76.2 Å². The molecule has 3 aliphatic rings. The number of carbonyl (C=O) groups excluding carboxylic acids is 1. The molecule has 0 bridgehead atoms. The van der Waals surface area contributed by atoms with Crippen LogP contribution in [0.25, 0.3) is 0 Å². The smallest absolute Gasteiger partial charge is 0.410 e. The highest BCUT2D eigenvalue weighted by atomic mass is 32.2. The summed E-state index contributed by atoms with van der Waals surface area (Å²) in [6.45, 7) is 8.42. The Labute approximate surface area is 173 Å². The first kappa shape index (κ1) is 20.6. The lowest BCUT2D eigenvalue weighted by molar-refractivity contribution is -0.0101. The number of amides is 1. The van der Waals surface area contributed by atoms with Crippen molar-refractivity contribution in [1.29, 1.82) is 0 Å². The minimum atomic E-state index is -3.78. The average Bonchev–Trinajstić information content (AvgIpc) is 2.94. The molecule has 7 nitrogen and oxygen atoms in total. The second kappa shape index (κ2) is 7.25. The van der Waals surface area contributed by atoms with Gasteiger partial charge in [-0.1, -0.05) is 18.2 Å². The number of likely N-dealkylation sites (tertiary alicyclic amines) is 1. The molecular formula is C21H30N2O5S. The first-order valence-corrected chi connectivity index (χ1v) is 11.7. The van der Waals surface area contributed by atoms with E-state index < -0.39 is 15.7 Å². The summed E-state index contributed by atoms with van der Waals surface area (Å²) in [6, 6.07) is 7.01. The predicted octanol–water partition coefficient (Wildman–Crippen LogP) is 3.00. The van der Waals surface area contributed by atoms with Crippen molar-refractivity contribution in [2.75, 3.05) is 26.2 Å². The SMILES string of the molecule is CC(C)(C)OC(=O)N1CCCC2(CCN3Cc4ccccc4S(=O)(=O)OCC32)C1. The van der Waals surface area contributed by atoms with E-state index in [1.54, 1.807) is 17.0 Å². The molecule has 3 aliphatic heterocycles. The highest BCUT2D eigenvalue weighted by Gasteiger charge is 2.51. The first-order valence-electron chi connectivity index (χ1n) is 10.3. The third-order valence-corrected chi connectivity index (χ3v) is 7.68. The van der Waals surface area contributed by atoms with Gasteiger partial charge in [-0.25, -0.2) is 4.79 Å². The van der Waals surface area contributed by atoms with Gasteiger partial charge >= 0.3 is 6.09 Å². The van der Waals surface area contributed by atoms with Crippen LogP contribution in [0.2, 0.25) is 0 Å². The van der Waals surface area contributed by atoms with Crippen molar-refractivity contribution in [2.45, 2.75) is 63.1 Å².